The van der Waals surface area contributed by atoms with Crippen LogP contribution in [0.25, 0.3) is 0 Å². The van der Waals surface area contributed by atoms with Crippen LogP contribution < -0.4 is 5.32 Å². The van der Waals surface area contributed by atoms with Crippen molar-refractivity contribution in [2.24, 2.45) is 0 Å². The number of rotatable bonds is 3. The third-order valence-corrected chi connectivity index (χ3v) is 3.75. The monoisotopic (exact) mass is 263 g/mol. The van der Waals surface area contributed by atoms with E-state index >= 15 is 0 Å². The zero-order valence-electron chi connectivity index (χ0n) is 8.14. The lowest BCUT2D eigenvalue weighted by Gasteiger charge is -2.31. The van der Waals surface area contributed by atoms with Crippen LogP contribution in [0.2, 0.25) is 10.0 Å². The van der Waals surface area contributed by atoms with E-state index < -0.39 is 0 Å². The summed E-state index contributed by atoms with van der Waals surface area (Å²) in [6, 6.07) is 6.26. The summed E-state index contributed by atoms with van der Waals surface area (Å²) in [4.78, 5) is 0. The zero-order chi connectivity index (χ0) is 10.8. The molecule has 0 amide bonds. The number of halogens is 3. The molecule has 0 unspecified atom stereocenters. The molecule has 1 nitrogen and oxygen atoms in total. The molecule has 1 aliphatic rings. The molecule has 0 heterocycles. The zero-order valence-corrected chi connectivity index (χ0v) is 10.4. The molecule has 0 saturated heterocycles. The molecule has 0 atom stereocenters. The Morgan fingerprint density at radius 3 is 2.53 bits per heavy atom. The Morgan fingerprint density at radius 2 is 1.93 bits per heavy atom. The van der Waals surface area contributed by atoms with Crippen LogP contribution in [0.3, 0.4) is 0 Å². The number of benzene rings is 1. The first-order valence-corrected chi connectivity index (χ1v) is 6.16. The van der Waals surface area contributed by atoms with Crippen molar-refractivity contribution in [3.8, 4) is 0 Å². The summed E-state index contributed by atoms with van der Waals surface area (Å²) < 4.78 is 0. The molecule has 0 spiro atoms. The van der Waals surface area contributed by atoms with Gasteiger partial charge in [0.15, 0.2) is 0 Å². The summed E-state index contributed by atoms with van der Waals surface area (Å²) in [5, 5.41) is 5.00. The summed E-state index contributed by atoms with van der Waals surface area (Å²) in [5.41, 5.74) is 1.16. The van der Waals surface area contributed by atoms with E-state index in [0.29, 0.717) is 21.5 Å². The number of hydrogen-bond donors (Lipinski definition) is 1. The third-order valence-electron chi connectivity index (χ3n) is 2.66. The van der Waals surface area contributed by atoms with Crippen molar-refractivity contribution in [2.75, 3.05) is 0 Å². The van der Waals surface area contributed by atoms with Gasteiger partial charge in [-0.25, -0.2) is 0 Å². The van der Waals surface area contributed by atoms with Crippen LogP contribution in [0.5, 0.6) is 0 Å². The molecule has 0 aromatic heterocycles. The molecule has 1 saturated carbocycles. The normalized spacial score (nSPS) is 25.0. The second-order valence-electron chi connectivity index (χ2n) is 3.89. The van der Waals surface area contributed by atoms with Gasteiger partial charge in [-0.2, -0.15) is 0 Å². The van der Waals surface area contributed by atoms with E-state index in [9.17, 15) is 0 Å². The number of alkyl halides is 1. The molecule has 15 heavy (non-hydrogen) atoms. The maximum atomic E-state index is 5.92. The lowest BCUT2D eigenvalue weighted by molar-refractivity contribution is 0.345. The highest BCUT2D eigenvalue weighted by molar-refractivity contribution is 6.42. The van der Waals surface area contributed by atoms with Crippen molar-refractivity contribution in [3.05, 3.63) is 33.8 Å². The molecule has 0 radical (unpaired) electrons. The van der Waals surface area contributed by atoms with E-state index in [1.807, 2.05) is 18.2 Å². The summed E-state index contributed by atoms with van der Waals surface area (Å²) in [5.74, 6) is 0. The molecule has 0 aliphatic heterocycles. The predicted molar refractivity (Wildman–Crippen MR) is 66.0 cm³/mol. The molecule has 4 heteroatoms. The van der Waals surface area contributed by atoms with Crippen molar-refractivity contribution in [1.82, 2.24) is 5.32 Å². The largest absolute Gasteiger partial charge is 0.310 e. The topological polar surface area (TPSA) is 12.0 Å². The molecular formula is C11H12Cl3N. The average molecular weight is 265 g/mol. The fraction of sp³-hybridized carbons (Fsp3) is 0.455. The van der Waals surface area contributed by atoms with E-state index in [-0.39, 0.29) is 0 Å². The van der Waals surface area contributed by atoms with Crippen LogP contribution in [0, 0.1) is 0 Å². The minimum atomic E-state index is 0.358. The standard InChI is InChI=1S/C11H12Cl3N/c12-8-4-9(5-8)15-6-7-1-2-10(13)11(14)3-7/h1-3,8-9,15H,4-6H2. The lowest BCUT2D eigenvalue weighted by Crippen LogP contribution is -2.41. The Bertz CT molecular complexity index is 348. The lowest BCUT2D eigenvalue weighted by atomic mass is 9.92. The van der Waals surface area contributed by atoms with E-state index in [1.165, 1.54) is 0 Å². The Kier molecular flexibility index (Phi) is 3.78. The van der Waals surface area contributed by atoms with Gasteiger partial charge in [-0.3, -0.25) is 0 Å². The second-order valence-corrected chi connectivity index (χ2v) is 5.33. The van der Waals surface area contributed by atoms with Crippen LogP contribution in [0.1, 0.15) is 18.4 Å². The molecule has 82 valence electrons. The fourth-order valence-electron chi connectivity index (χ4n) is 1.63. The Balaban J connectivity index is 1.86. The van der Waals surface area contributed by atoms with Crippen molar-refractivity contribution >= 4 is 34.8 Å². The van der Waals surface area contributed by atoms with Gasteiger partial charge in [-0.15, -0.1) is 11.6 Å². The summed E-state index contributed by atoms with van der Waals surface area (Å²) >= 11 is 17.6. The first-order valence-electron chi connectivity index (χ1n) is 4.96. The average Bonchev–Trinajstić information content (AvgIpc) is 2.16. The van der Waals surface area contributed by atoms with E-state index in [1.54, 1.807) is 0 Å². The van der Waals surface area contributed by atoms with Crippen LogP contribution in [-0.2, 0) is 6.54 Å². The molecule has 1 N–H and O–H groups in total. The van der Waals surface area contributed by atoms with Gasteiger partial charge in [0.2, 0.25) is 0 Å². The van der Waals surface area contributed by atoms with Crippen molar-refractivity contribution < 1.29 is 0 Å². The summed E-state index contributed by atoms with van der Waals surface area (Å²) in [6.07, 6.45) is 2.12. The van der Waals surface area contributed by atoms with Crippen LogP contribution in [0.4, 0.5) is 0 Å². The van der Waals surface area contributed by atoms with E-state index in [2.05, 4.69) is 5.32 Å². The second kappa shape index (κ2) is 4.92. The van der Waals surface area contributed by atoms with E-state index in [0.717, 1.165) is 24.9 Å². The van der Waals surface area contributed by atoms with Crippen molar-refractivity contribution in [3.63, 3.8) is 0 Å². The molecule has 1 aliphatic carbocycles. The smallest absolute Gasteiger partial charge is 0.0595 e. The first-order chi connectivity index (χ1) is 7.15. The van der Waals surface area contributed by atoms with Crippen molar-refractivity contribution in [2.45, 2.75) is 30.8 Å². The van der Waals surface area contributed by atoms with Crippen molar-refractivity contribution in [1.29, 1.82) is 0 Å². The van der Waals surface area contributed by atoms with Gasteiger partial charge >= 0.3 is 0 Å². The van der Waals surface area contributed by atoms with Gasteiger partial charge in [0.25, 0.3) is 0 Å². The van der Waals surface area contributed by atoms with Crippen LogP contribution >= 0.6 is 34.8 Å². The Labute approximate surface area is 105 Å². The highest BCUT2D eigenvalue weighted by atomic mass is 35.5. The Morgan fingerprint density at radius 1 is 1.20 bits per heavy atom. The quantitative estimate of drug-likeness (QED) is 0.818. The minimum absolute atomic E-state index is 0.358. The molecule has 0 bridgehead atoms. The van der Waals surface area contributed by atoms with Gasteiger partial charge in [-0.1, -0.05) is 29.3 Å². The number of hydrogen-bond acceptors (Lipinski definition) is 1. The highest BCUT2D eigenvalue weighted by Crippen LogP contribution is 2.26. The van der Waals surface area contributed by atoms with Gasteiger partial charge < -0.3 is 5.32 Å². The van der Waals surface area contributed by atoms with Crippen LogP contribution in [0.15, 0.2) is 18.2 Å². The van der Waals surface area contributed by atoms with Gasteiger partial charge in [0.05, 0.1) is 10.0 Å². The maximum absolute atomic E-state index is 5.92. The van der Waals surface area contributed by atoms with Gasteiger partial charge in [-0.05, 0) is 30.5 Å². The highest BCUT2D eigenvalue weighted by Gasteiger charge is 2.26. The molecule has 1 fully saturated rings. The number of nitrogens with one attached hydrogen (secondary N) is 1. The molecule has 2 rings (SSSR count). The van der Waals surface area contributed by atoms with Gasteiger partial charge in [0.1, 0.15) is 0 Å². The third kappa shape index (κ3) is 3.01. The van der Waals surface area contributed by atoms with E-state index in [4.69, 9.17) is 34.8 Å². The minimum Gasteiger partial charge on any atom is -0.310 e. The molecule has 1 aromatic carbocycles. The van der Waals surface area contributed by atoms with Gasteiger partial charge in [0, 0.05) is 18.0 Å². The first kappa shape index (κ1) is 11.5. The molecule has 1 aromatic rings. The van der Waals surface area contributed by atoms with Crippen LogP contribution in [-0.4, -0.2) is 11.4 Å². The fourth-order valence-corrected chi connectivity index (χ4v) is 2.38. The SMILES string of the molecule is Clc1ccc(CNC2CC(Cl)C2)cc1Cl. The summed E-state index contributed by atoms with van der Waals surface area (Å²) in [6.45, 7) is 0.825. The maximum Gasteiger partial charge on any atom is 0.0595 e. The predicted octanol–water partition coefficient (Wildman–Crippen LogP) is 3.85. The molecular weight excluding hydrogens is 252 g/mol. The summed E-state index contributed by atoms with van der Waals surface area (Å²) in [7, 11) is 0. The Hall–Kier alpha value is 0.0500.